The van der Waals surface area contributed by atoms with Crippen molar-refractivity contribution in [2.24, 2.45) is 5.92 Å². The fraction of sp³-hybridized carbons (Fsp3) is 0.400. The molecule has 3 N–H and O–H groups in total. The average molecular weight is 325 g/mol. The summed E-state index contributed by atoms with van der Waals surface area (Å²) in [6.45, 7) is 3.95. The van der Waals surface area contributed by atoms with Gasteiger partial charge < -0.3 is 5.73 Å². The van der Waals surface area contributed by atoms with Gasteiger partial charge in [0.2, 0.25) is 10.0 Å². The zero-order valence-corrected chi connectivity index (χ0v) is 11.9. The molecular formula is C10H14BrFN2O2S. The molecule has 1 aromatic rings. The maximum Gasteiger partial charge on any atom is 0.243 e. The van der Waals surface area contributed by atoms with E-state index in [2.05, 4.69) is 20.7 Å². The van der Waals surface area contributed by atoms with Crippen molar-refractivity contribution in [1.82, 2.24) is 4.72 Å². The molecule has 0 saturated heterocycles. The maximum atomic E-state index is 13.7. The fourth-order valence-electron chi connectivity index (χ4n) is 1.13. The van der Waals surface area contributed by atoms with Gasteiger partial charge in [0.05, 0.1) is 4.47 Å². The summed E-state index contributed by atoms with van der Waals surface area (Å²) in [6, 6.07) is 2.42. The average Bonchev–Trinajstić information content (AvgIpc) is 2.20. The van der Waals surface area contributed by atoms with E-state index in [1.807, 2.05) is 13.8 Å². The largest absolute Gasteiger partial charge is 0.399 e. The van der Waals surface area contributed by atoms with Crippen LogP contribution in [0.4, 0.5) is 10.1 Å². The van der Waals surface area contributed by atoms with Gasteiger partial charge in [-0.3, -0.25) is 0 Å². The molecule has 0 amide bonds. The molecule has 0 radical (unpaired) electrons. The van der Waals surface area contributed by atoms with Crippen LogP contribution in [0.25, 0.3) is 0 Å². The van der Waals surface area contributed by atoms with E-state index >= 15 is 0 Å². The van der Waals surface area contributed by atoms with Crippen molar-refractivity contribution in [1.29, 1.82) is 0 Å². The summed E-state index contributed by atoms with van der Waals surface area (Å²) in [4.78, 5) is -0.440. The molecule has 1 aromatic carbocycles. The van der Waals surface area contributed by atoms with E-state index < -0.39 is 20.7 Å². The fourth-order valence-corrected chi connectivity index (χ4v) is 3.09. The van der Waals surface area contributed by atoms with E-state index in [0.717, 1.165) is 6.07 Å². The Bertz CT molecular complexity index is 517. The molecule has 0 spiro atoms. The molecule has 0 heterocycles. The van der Waals surface area contributed by atoms with E-state index in [0.29, 0.717) is 0 Å². The molecule has 0 unspecified atom stereocenters. The Morgan fingerprint density at radius 1 is 1.47 bits per heavy atom. The minimum Gasteiger partial charge on any atom is -0.399 e. The lowest BCUT2D eigenvalue weighted by Crippen LogP contribution is -2.28. The van der Waals surface area contributed by atoms with Crippen LogP contribution in [0.3, 0.4) is 0 Å². The summed E-state index contributed by atoms with van der Waals surface area (Å²) in [6.07, 6.45) is 0. The van der Waals surface area contributed by atoms with Gasteiger partial charge in [-0.15, -0.1) is 0 Å². The summed E-state index contributed by atoms with van der Waals surface area (Å²) in [5, 5.41) is 0. The van der Waals surface area contributed by atoms with Gasteiger partial charge in [0.25, 0.3) is 0 Å². The first kappa shape index (κ1) is 14.4. The van der Waals surface area contributed by atoms with E-state index in [4.69, 9.17) is 5.73 Å². The van der Waals surface area contributed by atoms with Gasteiger partial charge in [-0.2, -0.15) is 0 Å². The summed E-state index contributed by atoms with van der Waals surface area (Å²) in [5.74, 6) is -0.701. The molecule has 96 valence electrons. The first-order valence-corrected chi connectivity index (χ1v) is 7.26. The number of nitrogens with one attached hydrogen (secondary N) is 1. The number of hydrogen-bond donors (Lipinski definition) is 2. The van der Waals surface area contributed by atoms with Crippen LogP contribution in [0.5, 0.6) is 0 Å². The third kappa shape index (κ3) is 3.65. The van der Waals surface area contributed by atoms with Crippen molar-refractivity contribution in [2.45, 2.75) is 18.7 Å². The standard InChI is InChI=1S/C10H14BrFN2O2S/c1-6(2)5-14-17(15,16)9-4-7(13)3-8(11)10(9)12/h3-4,6,14H,5,13H2,1-2H3. The summed E-state index contributed by atoms with van der Waals surface area (Å²) < 4.78 is 39.7. The Balaban J connectivity index is 3.15. The van der Waals surface area contributed by atoms with Crippen molar-refractivity contribution >= 4 is 31.6 Å². The highest BCUT2D eigenvalue weighted by Crippen LogP contribution is 2.25. The summed E-state index contributed by atoms with van der Waals surface area (Å²) in [7, 11) is -3.87. The van der Waals surface area contributed by atoms with E-state index in [1.54, 1.807) is 0 Å². The maximum absolute atomic E-state index is 13.7. The molecule has 0 aliphatic rings. The highest BCUT2D eigenvalue weighted by atomic mass is 79.9. The lowest BCUT2D eigenvalue weighted by Gasteiger charge is -2.11. The predicted molar refractivity (Wildman–Crippen MR) is 68.5 cm³/mol. The quantitative estimate of drug-likeness (QED) is 0.833. The van der Waals surface area contributed by atoms with Crippen LogP contribution >= 0.6 is 15.9 Å². The number of benzene rings is 1. The van der Waals surface area contributed by atoms with E-state index in [1.165, 1.54) is 6.07 Å². The van der Waals surface area contributed by atoms with Crippen molar-refractivity contribution < 1.29 is 12.8 Å². The Hall–Kier alpha value is -0.660. The minimum atomic E-state index is -3.87. The zero-order chi connectivity index (χ0) is 13.2. The monoisotopic (exact) mass is 324 g/mol. The topological polar surface area (TPSA) is 72.2 Å². The highest BCUT2D eigenvalue weighted by Gasteiger charge is 2.21. The van der Waals surface area contributed by atoms with Crippen LogP contribution in [-0.4, -0.2) is 15.0 Å². The van der Waals surface area contributed by atoms with Crippen molar-refractivity contribution in [3.05, 3.63) is 22.4 Å². The number of hydrogen-bond acceptors (Lipinski definition) is 3. The molecule has 0 aliphatic carbocycles. The smallest absolute Gasteiger partial charge is 0.243 e. The number of rotatable bonds is 4. The van der Waals surface area contributed by atoms with Crippen LogP contribution in [-0.2, 0) is 10.0 Å². The first-order chi connectivity index (χ1) is 7.74. The lowest BCUT2D eigenvalue weighted by molar-refractivity contribution is 0.542. The van der Waals surface area contributed by atoms with Crippen molar-refractivity contribution in [3.63, 3.8) is 0 Å². The van der Waals surface area contributed by atoms with E-state index in [9.17, 15) is 12.8 Å². The summed E-state index contributed by atoms with van der Waals surface area (Å²) in [5.41, 5.74) is 5.68. The molecule has 0 aliphatic heterocycles. The Morgan fingerprint density at radius 3 is 2.59 bits per heavy atom. The molecular weight excluding hydrogens is 311 g/mol. The molecule has 0 saturated carbocycles. The summed E-state index contributed by atoms with van der Waals surface area (Å²) >= 11 is 2.92. The molecule has 4 nitrogen and oxygen atoms in total. The van der Waals surface area contributed by atoms with Gasteiger partial charge in [0.1, 0.15) is 4.90 Å². The molecule has 0 aromatic heterocycles. The number of sulfonamides is 1. The van der Waals surface area contributed by atoms with Crippen LogP contribution in [0.2, 0.25) is 0 Å². The van der Waals surface area contributed by atoms with E-state index in [-0.39, 0.29) is 22.6 Å². The van der Waals surface area contributed by atoms with Crippen LogP contribution in [0.1, 0.15) is 13.8 Å². The molecule has 0 atom stereocenters. The Kier molecular flexibility index (Phi) is 4.51. The van der Waals surface area contributed by atoms with Gasteiger partial charge in [-0.05, 0) is 34.0 Å². The molecule has 7 heteroatoms. The third-order valence-electron chi connectivity index (χ3n) is 1.99. The molecule has 0 fully saturated rings. The molecule has 1 rings (SSSR count). The normalized spacial score (nSPS) is 12.1. The highest BCUT2D eigenvalue weighted by molar-refractivity contribution is 9.10. The SMILES string of the molecule is CC(C)CNS(=O)(=O)c1cc(N)cc(Br)c1F. The Labute approximate surface area is 109 Å². The number of halogens is 2. The first-order valence-electron chi connectivity index (χ1n) is 4.98. The number of anilines is 1. The second-order valence-electron chi connectivity index (χ2n) is 4.06. The van der Waals surface area contributed by atoms with Gasteiger partial charge in [-0.1, -0.05) is 13.8 Å². The van der Waals surface area contributed by atoms with Crippen LogP contribution in [0.15, 0.2) is 21.5 Å². The van der Waals surface area contributed by atoms with Gasteiger partial charge >= 0.3 is 0 Å². The lowest BCUT2D eigenvalue weighted by atomic mass is 10.2. The number of nitrogen functional groups attached to an aromatic ring is 1. The van der Waals surface area contributed by atoms with Crippen molar-refractivity contribution in [2.75, 3.05) is 12.3 Å². The van der Waals surface area contributed by atoms with Crippen LogP contribution < -0.4 is 10.5 Å². The second kappa shape index (κ2) is 5.32. The van der Waals surface area contributed by atoms with Crippen molar-refractivity contribution in [3.8, 4) is 0 Å². The minimum absolute atomic E-state index is 0.0300. The third-order valence-corrected chi connectivity index (χ3v) is 3.99. The molecule has 17 heavy (non-hydrogen) atoms. The second-order valence-corrected chi connectivity index (χ2v) is 6.65. The van der Waals surface area contributed by atoms with Gasteiger partial charge in [-0.25, -0.2) is 17.5 Å². The zero-order valence-electron chi connectivity index (χ0n) is 9.50. The Morgan fingerprint density at radius 2 is 2.06 bits per heavy atom. The van der Waals surface area contributed by atoms with Gasteiger partial charge in [0.15, 0.2) is 5.82 Å². The molecule has 0 bridgehead atoms. The van der Waals surface area contributed by atoms with Gasteiger partial charge in [0, 0.05) is 12.2 Å². The number of nitrogens with two attached hydrogens (primary N) is 1. The predicted octanol–water partition coefficient (Wildman–Crippen LogP) is 2.10. The van der Waals surface area contributed by atoms with Crippen LogP contribution in [0, 0.1) is 11.7 Å².